The third kappa shape index (κ3) is 5.18. The van der Waals surface area contributed by atoms with Gasteiger partial charge in [-0.3, -0.25) is 19.7 Å². The van der Waals surface area contributed by atoms with Gasteiger partial charge in [-0.05, 0) is 29.8 Å². The van der Waals surface area contributed by atoms with Gasteiger partial charge in [-0.1, -0.05) is 48.0 Å². The van der Waals surface area contributed by atoms with Crippen molar-refractivity contribution in [1.82, 2.24) is 0 Å². The number of non-ortho nitro benzene ring substituents is 1. The monoisotopic (exact) mass is 409 g/mol. The van der Waals surface area contributed by atoms with Crippen molar-refractivity contribution in [3.8, 4) is 0 Å². The highest BCUT2D eigenvalue weighted by Gasteiger charge is 2.15. The van der Waals surface area contributed by atoms with Crippen LogP contribution in [0.3, 0.4) is 0 Å². The lowest BCUT2D eigenvalue weighted by molar-refractivity contribution is -0.384. The van der Waals surface area contributed by atoms with Crippen LogP contribution >= 0.6 is 11.6 Å². The Kier molecular flexibility index (Phi) is 6.21. The lowest BCUT2D eigenvalue weighted by Crippen LogP contribution is -2.19. The van der Waals surface area contributed by atoms with E-state index in [1.54, 1.807) is 48.5 Å². The first-order chi connectivity index (χ1) is 13.9. The van der Waals surface area contributed by atoms with Crippen LogP contribution in [0.5, 0.6) is 0 Å². The number of carbonyl (C=O) groups is 2. The molecule has 0 aliphatic rings. The van der Waals surface area contributed by atoms with Crippen molar-refractivity contribution in [3.63, 3.8) is 0 Å². The first-order valence-corrected chi connectivity index (χ1v) is 9.00. The second-order valence-corrected chi connectivity index (χ2v) is 6.54. The van der Waals surface area contributed by atoms with Gasteiger partial charge >= 0.3 is 0 Å². The number of nitrogens with one attached hydrogen (secondary N) is 2. The number of anilines is 2. The van der Waals surface area contributed by atoms with Crippen LogP contribution in [-0.2, 0) is 11.2 Å². The number of hydrogen-bond donors (Lipinski definition) is 2. The Labute approximate surface area is 171 Å². The van der Waals surface area contributed by atoms with Crippen molar-refractivity contribution in [1.29, 1.82) is 0 Å². The van der Waals surface area contributed by atoms with E-state index in [0.29, 0.717) is 22.0 Å². The molecule has 0 unspecified atom stereocenters. The molecule has 0 atom stereocenters. The van der Waals surface area contributed by atoms with Gasteiger partial charge in [0.25, 0.3) is 11.6 Å². The van der Waals surface area contributed by atoms with E-state index in [2.05, 4.69) is 10.6 Å². The maximum Gasteiger partial charge on any atom is 0.269 e. The Bertz CT molecular complexity index is 1070. The Morgan fingerprint density at radius 3 is 2.14 bits per heavy atom. The van der Waals surface area contributed by atoms with Gasteiger partial charge in [0.15, 0.2) is 0 Å². The third-order valence-corrected chi connectivity index (χ3v) is 4.41. The molecule has 146 valence electrons. The molecule has 2 N–H and O–H groups in total. The molecule has 0 aromatic heterocycles. The van der Waals surface area contributed by atoms with Crippen molar-refractivity contribution in [2.75, 3.05) is 10.6 Å². The van der Waals surface area contributed by atoms with Crippen molar-refractivity contribution >= 4 is 40.5 Å². The van der Waals surface area contributed by atoms with Crippen molar-refractivity contribution in [2.24, 2.45) is 0 Å². The fourth-order valence-corrected chi connectivity index (χ4v) is 2.84. The summed E-state index contributed by atoms with van der Waals surface area (Å²) in [6, 6.07) is 19.2. The SMILES string of the molecule is O=C(Cc1ccc([N+](=O)[O-])cc1)Nc1ccccc1C(=O)Nc1ccccc1Cl. The van der Waals surface area contributed by atoms with E-state index in [-0.39, 0.29) is 23.6 Å². The number of hydrogen-bond acceptors (Lipinski definition) is 4. The molecule has 3 aromatic carbocycles. The molecule has 0 spiro atoms. The number of rotatable bonds is 6. The Balaban J connectivity index is 1.71. The Hall–Kier alpha value is -3.71. The van der Waals surface area contributed by atoms with Gasteiger partial charge in [-0.25, -0.2) is 0 Å². The normalized spacial score (nSPS) is 10.2. The third-order valence-electron chi connectivity index (χ3n) is 4.08. The van der Waals surface area contributed by atoms with Crippen molar-refractivity contribution < 1.29 is 14.5 Å². The molecule has 3 rings (SSSR count). The van der Waals surface area contributed by atoms with E-state index in [1.807, 2.05) is 0 Å². The van der Waals surface area contributed by atoms with E-state index < -0.39 is 10.8 Å². The second kappa shape index (κ2) is 8.99. The number of nitrogens with zero attached hydrogens (tertiary/aromatic N) is 1. The minimum Gasteiger partial charge on any atom is -0.325 e. The molecule has 29 heavy (non-hydrogen) atoms. The lowest BCUT2D eigenvalue weighted by Gasteiger charge is -2.12. The van der Waals surface area contributed by atoms with E-state index in [0.717, 1.165) is 0 Å². The van der Waals surface area contributed by atoms with Gasteiger partial charge < -0.3 is 10.6 Å². The van der Waals surface area contributed by atoms with Crippen LogP contribution in [0, 0.1) is 10.1 Å². The number of nitro groups is 1. The van der Waals surface area contributed by atoms with Gasteiger partial charge in [0.05, 0.1) is 33.3 Å². The summed E-state index contributed by atoms with van der Waals surface area (Å²) in [7, 11) is 0. The number of benzene rings is 3. The number of nitro benzene ring substituents is 1. The highest BCUT2D eigenvalue weighted by molar-refractivity contribution is 6.34. The zero-order valence-electron chi connectivity index (χ0n) is 15.1. The quantitative estimate of drug-likeness (QED) is 0.455. The smallest absolute Gasteiger partial charge is 0.269 e. The second-order valence-electron chi connectivity index (χ2n) is 6.13. The maximum absolute atomic E-state index is 12.6. The standard InChI is InChI=1S/C21H16ClN3O4/c22-17-6-2-4-8-19(17)24-21(27)16-5-1-3-7-18(16)23-20(26)13-14-9-11-15(12-10-14)25(28)29/h1-12H,13H2,(H,23,26)(H,24,27). The molecule has 3 aromatic rings. The van der Waals surface area contributed by atoms with Gasteiger partial charge in [0.1, 0.15) is 0 Å². The van der Waals surface area contributed by atoms with Gasteiger partial charge in [-0.15, -0.1) is 0 Å². The summed E-state index contributed by atoms with van der Waals surface area (Å²) in [5.41, 5.74) is 1.67. The first kappa shape index (κ1) is 20.0. The summed E-state index contributed by atoms with van der Waals surface area (Å²) < 4.78 is 0. The molecular weight excluding hydrogens is 394 g/mol. The fraction of sp³-hybridized carbons (Fsp3) is 0.0476. The summed E-state index contributed by atoms with van der Waals surface area (Å²) >= 11 is 6.07. The molecule has 0 saturated carbocycles. The summed E-state index contributed by atoms with van der Waals surface area (Å²) in [6.07, 6.45) is 0.0124. The van der Waals surface area contributed by atoms with Gasteiger partial charge in [-0.2, -0.15) is 0 Å². The van der Waals surface area contributed by atoms with Crippen LogP contribution in [0.4, 0.5) is 17.1 Å². The van der Waals surface area contributed by atoms with E-state index >= 15 is 0 Å². The van der Waals surface area contributed by atoms with Crippen molar-refractivity contribution in [3.05, 3.63) is 99.1 Å². The average Bonchev–Trinajstić information content (AvgIpc) is 2.70. The van der Waals surface area contributed by atoms with Gasteiger partial charge in [0, 0.05) is 12.1 Å². The zero-order valence-corrected chi connectivity index (χ0v) is 15.8. The largest absolute Gasteiger partial charge is 0.325 e. The highest BCUT2D eigenvalue weighted by Crippen LogP contribution is 2.23. The Morgan fingerprint density at radius 1 is 0.862 bits per heavy atom. The summed E-state index contributed by atoms with van der Waals surface area (Å²) in [5, 5.41) is 16.5. The predicted molar refractivity (Wildman–Crippen MR) is 111 cm³/mol. The summed E-state index contributed by atoms with van der Waals surface area (Å²) in [6.45, 7) is 0. The molecule has 0 radical (unpaired) electrons. The lowest BCUT2D eigenvalue weighted by atomic mass is 10.1. The molecule has 2 amide bonds. The number of amides is 2. The van der Waals surface area contributed by atoms with Crippen LogP contribution in [-0.4, -0.2) is 16.7 Å². The molecule has 0 bridgehead atoms. The van der Waals surface area contributed by atoms with Crippen LogP contribution in [0.2, 0.25) is 5.02 Å². The molecule has 0 saturated heterocycles. The van der Waals surface area contributed by atoms with Crippen LogP contribution < -0.4 is 10.6 Å². The van der Waals surface area contributed by atoms with E-state index in [1.165, 1.54) is 24.3 Å². The molecule has 7 nitrogen and oxygen atoms in total. The number of carbonyl (C=O) groups excluding carboxylic acids is 2. The average molecular weight is 410 g/mol. The molecule has 0 fully saturated rings. The van der Waals surface area contributed by atoms with Crippen LogP contribution in [0.25, 0.3) is 0 Å². The Morgan fingerprint density at radius 2 is 1.48 bits per heavy atom. The van der Waals surface area contributed by atoms with Crippen LogP contribution in [0.15, 0.2) is 72.8 Å². The number of para-hydroxylation sites is 2. The van der Waals surface area contributed by atoms with E-state index in [9.17, 15) is 19.7 Å². The highest BCUT2D eigenvalue weighted by atomic mass is 35.5. The molecule has 8 heteroatoms. The molecule has 0 aliphatic carbocycles. The molecule has 0 aliphatic heterocycles. The molecular formula is C21H16ClN3O4. The predicted octanol–water partition coefficient (Wildman–Crippen LogP) is 4.68. The fourth-order valence-electron chi connectivity index (χ4n) is 2.66. The zero-order chi connectivity index (χ0) is 20.8. The van der Waals surface area contributed by atoms with Crippen molar-refractivity contribution in [2.45, 2.75) is 6.42 Å². The minimum atomic E-state index is -0.502. The first-order valence-electron chi connectivity index (χ1n) is 8.62. The minimum absolute atomic E-state index is 0.0124. The van der Waals surface area contributed by atoms with E-state index in [4.69, 9.17) is 11.6 Å². The summed E-state index contributed by atoms with van der Waals surface area (Å²) in [5.74, 6) is -0.763. The summed E-state index contributed by atoms with van der Waals surface area (Å²) in [4.78, 5) is 35.2. The maximum atomic E-state index is 12.6. The number of halogens is 1. The van der Waals surface area contributed by atoms with Crippen LogP contribution in [0.1, 0.15) is 15.9 Å². The molecule has 0 heterocycles. The van der Waals surface area contributed by atoms with Gasteiger partial charge in [0.2, 0.25) is 5.91 Å². The topological polar surface area (TPSA) is 101 Å².